The van der Waals surface area contributed by atoms with Gasteiger partial charge in [0.2, 0.25) is 0 Å². The average Bonchev–Trinajstić information content (AvgIpc) is 2.23. The molecule has 0 bridgehead atoms. The van der Waals surface area contributed by atoms with Crippen LogP contribution in [-0.2, 0) is 0 Å². The second-order valence-corrected chi connectivity index (χ2v) is 4.33. The Morgan fingerprint density at radius 3 is 2.86 bits per heavy atom. The number of aryl methyl sites for hydroxylation is 1. The lowest BCUT2D eigenvalue weighted by atomic mass is 9.87. The number of rotatable bonds is 1. The summed E-state index contributed by atoms with van der Waals surface area (Å²) in [4.78, 5) is 0. The van der Waals surface area contributed by atoms with E-state index in [-0.39, 0.29) is 0 Å². The molecule has 1 saturated heterocycles. The van der Waals surface area contributed by atoms with Crippen LogP contribution in [0.15, 0.2) is 18.2 Å². The maximum absolute atomic E-state index is 3.48. The fourth-order valence-corrected chi connectivity index (χ4v) is 2.33. The molecule has 1 heterocycles. The minimum absolute atomic E-state index is 0.739. The van der Waals surface area contributed by atoms with Crippen LogP contribution >= 0.6 is 0 Å². The van der Waals surface area contributed by atoms with Gasteiger partial charge < -0.3 is 5.32 Å². The fourth-order valence-electron chi connectivity index (χ4n) is 2.33. The van der Waals surface area contributed by atoms with Crippen LogP contribution in [0.3, 0.4) is 0 Å². The lowest BCUT2D eigenvalue weighted by molar-refractivity contribution is 0.460. The zero-order chi connectivity index (χ0) is 9.97. The first-order chi connectivity index (χ1) is 6.79. The van der Waals surface area contributed by atoms with Crippen LogP contribution in [0.1, 0.15) is 35.4 Å². The van der Waals surface area contributed by atoms with E-state index in [1.165, 1.54) is 30.5 Å². The Hall–Kier alpha value is -0.820. The Balaban J connectivity index is 2.26. The Kier molecular flexibility index (Phi) is 2.87. The third-order valence-electron chi connectivity index (χ3n) is 3.38. The first kappa shape index (κ1) is 9.72. The molecule has 1 aliphatic rings. The normalized spacial score (nSPS) is 22.3. The van der Waals surface area contributed by atoms with Crippen molar-refractivity contribution in [2.24, 2.45) is 0 Å². The van der Waals surface area contributed by atoms with Gasteiger partial charge in [0.25, 0.3) is 0 Å². The van der Waals surface area contributed by atoms with Gasteiger partial charge in [0.05, 0.1) is 0 Å². The molecule has 2 rings (SSSR count). The number of piperidine rings is 1. The molecule has 0 spiro atoms. The monoisotopic (exact) mass is 189 g/mol. The number of hydrogen-bond donors (Lipinski definition) is 1. The molecule has 1 atom stereocenters. The van der Waals surface area contributed by atoms with Gasteiger partial charge in [-0.05, 0) is 55.8 Å². The van der Waals surface area contributed by atoms with Crippen molar-refractivity contribution in [2.45, 2.75) is 32.6 Å². The molecule has 1 heteroatoms. The van der Waals surface area contributed by atoms with Crippen molar-refractivity contribution < 1.29 is 0 Å². The summed E-state index contributed by atoms with van der Waals surface area (Å²) in [6.07, 6.45) is 2.66. The summed E-state index contributed by atoms with van der Waals surface area (Å²) in [6, 6.07) is 6.68. The van der Waals surface area contributed by atoms with Crippen LogP contribution in [0.4, 0.5) is 0 Å². The van der Waals surface area contributed by atoms with Gasteiger partial charge in [-0.2, -0.15) is 0 Å². The Labute approximate surface area is 86.5 Å². The third kappa shape index (κ3) is 1.83. The fraction of sp³-hybridized carbons (Fsp3) is 0.538. The van der Waals surface area contributed by atoms with Crippen LogP contribution in [0.25, 0.3) is 0 Å². The van der Waals surface area contributed by atoms with E-state index < -0.39 is 0 Å². The minimum Gasteiger partial charge on any atom is -0.316 e. The van der Waals surface area contributed by atoms with Crippen molar-refractivity contribution in [3.05, 3.63) is 34.9 Å². The molecule has 0 radical (unpaired) electrons. The summed E-state index contributed by atoms with van der Waals surface area (Å²) in [5, 5.41) is 3.48. The number of hydrogen-bond acceptors (Lipinski definition) is 1. The molecular formula is C13H19N. The van der Waals surface area contributed by atoms with Gasteiger partial charge in [-0.1, -0.05) is 18.2 Å². The first-order valence-electron chi connectivity index (χ1n) is 5.56. The van der Waals surface area contributed by atoms with E-state index in [1.807, 2.05) is 0 Å². The quantitative estimate of drug-likeness (QED) is 0.716. The molecule has 1 aliphatic heterocycles. The van der Waals surface area contributed by atoms with Crippen LogP contribution in [0.2, 0.25) is 0 Å². The van der Waals surface area contributed by atoms with E-state index >= 15 is 0 Å². The second-order valence-electron chi connectivity index (χ2n) is 4.33. The number of benzene rings is 1. The molecule has 1 N–H and O–H groups in total. The molecule has 0 aliphatic carbocycles. The zero-order valence-corrected chi connectivity index (χ0v) is 9.14. The minimum atomic E-state index is 0.739. The molecule has 0 saturated carbocycles. The van der Waals surface area contributed by atoms with Gasteiger partial charge in [0.15, 0.2) is 0 Å². The third-order valence-corrected chi connectivity index (χ3v) is 3.38. The summed E-state index contributed by atoms with van der Waals surface area (Å²) in [5.41, 5.74) is 4.46. The largest absolute Gasteiger partial charge is 0.316 e. The van der Waals surface area contributed by atoms with Gasteiger partial charge in [-0.3, -0.25) is 0 Å². The van der Waals surface area contributed by atoms with Crippen molar-refractivity contribution in [1.29, 1.82) is 0 Å². The summed E-state index contributed by atoms with van der Waals surface area (Å²) in [7, 11) is 0. The van der Waals surface area contributed by atoms with Crippen LogP contribution in [-0.4, -0.2) is 13.1 Å². The molecule has 76 valence electrons. The molecule has 1 fully saturated rings. The Bertz CT molecular complexity index is 311. The van der Waals surface area contributed by atoms with E-state index in [1.54, 1.807) is 5.56 Å². The highest BCUT2D eigenvalue weighted by molar-refractivity contribution is 5.36. The summed E-state index contributed by atoms with van der Waals surface area (Å²) >= 11 is 0. The van der Waals surface area contributed by atoms with Crippen molar-refractivity contribution >= 4 is 0 Å². The molecule has 0 unspecified atom stereocenters. The number of nitrogens with one attached hydrogen (secondary N) is 1. The van der Waals surface area contributed by atoms with E-state index in [4.69, 9.17) is 0 Å². The van der Waals surface area contributed by atoms with Crippen molar-refractivity contribution in [3.8, 4) is 0 Å². The molecule has 1 nitrogen and oxygen atoms in total. The molecule has 14 heavy (non-hydrogen) atoms. The molecular weight excluding hydrogens is 170 g/mol. The Morgan fingerprint density at radius 1 is 1.29 bits per heavy atom. The maximum atomic E-state index is 3.48. The lowest BCUT2D eigenvalue weighted by Gasteiger charge is -2.25. The van der Waals surface area contributed by atoms with E-state index in [0.717, 1.165) is 12.5 Å². The van der Waals surface area contributed by atoms with E-state index in [0.29, 0.717) is 0 Å². The van der Waals surface area contributed by atoms with E-state index in [9.17, 15) is 0 Å². The molecule has 0 amide bonds. The molecule has 1 aromatic rings. The Morgan fingerprint density at radius 2 is 2.14 bits per heavy atom. The SMILES string of the molecule is Cc1cccc([C@@H]2CCCNC2)c1C. The van der Waals surface area contributed by atoms with E-state index in [2.05, 4.69) is 37.4 Å². The van der Waals surface area contributed by atoms with Gasteiger partial charge in [0, 0.05) is 6.54 Å². The van der Waals surface area contributed by atoms with Crippen molar-refractivity contribution in [1.82, 2.24) is 5.32 Å². The predicted octanol–water partition coefficient (Wildman–Crippen LogP) is 2.77. The van der Waals surface area contributed by atoms with Gasteiger partial charge >= 0.3 is 0 Å². The van der Waals surface area contributed by atoms with Gasteiger partial charge in [-0.15, -0.1) is 0 Å². The van der Waals surface area contributed by atoms with Crippen LogP contribution < -0.4 is 5.32 Å². The first-order valence-corrected chi connectivity index (χ1v) is 5.56. The lowest BCUT2D eigenvalue weighted by Crippen LogP contribution is -2.28. The average molecular weight is 189 g/mol. The van der Waals surface area contributed by atoms with Gasteiger partial charge in [0.1, 0.15) is 0 Å². The topological polar surface area (TPSA) is 12.0 Å². The van der Waals surface area contributed by atoms with Crippen molar-refractivity contribution in [3.63, 3.8) is 0 Å². The summed E-state index contributed by atoms with van der Waals surface area (Å²) in [6.45, 7) is 6.81. The highest BCUT2D eigenvalue weighted by atomic mass is 14.9. The molecule has 1 aromatic carbocycles. The maximum Gasteiger partial charge on any atom is 0.00202 e. The smallest absolute Gasteiger partial charge is 0.00202 e. The highest BCUT2D eigenvalue weighted by Gasteiger charge is 2.16. The predicted molar refractivity (Wildman–Crippen MR) is 60.8 cm³/mol. The standard InChI is InChI=1S/C13H19N/c1-10-5-3-7-13(11(10)2)12-6-4-8-14-9-12/h3,5,7,12,14H,4,6,8-9H2,1-2H3/t12-/m1/s1. The zero-order valence-electron chi connectivity index (χ0n) is 9.14. The van der Waals surface area contributed by atoms with Crippen LogP contribution in [0, 0.1) is 13.8 Å². The summed E-state index contributed by atoms with van der Waals surface area (Å²) < 4.78 is 0. The summed E-state index contributed by atoms with van der Waals surface area (Å²) in [5.74, 6) is 0.739. The van der Waals surface area contributed by atoms with Crippen LogP contribution in [0.5, 0.6) is 0 Å². The highest BCUT2D eigenvalue weighted by Crippen LogP contribution is 2.27. The second kappa shape index (κ2) is 4.14. The van der Waals surface area contributed by atoms with Gasteiger partial charge in [-0.25, -0.2) is 0 Å². The molecule has 0 aromatic heterocycles. The van der Waals surface area contributed by atoms with Crippen molar-refractivity contribution in [2.75, 3.05) is 13.1 Å².